The van der Waals surface area contributed by atoms with Crippen LogP contribution in [0.25, 0.3) is 0 Å². The van der Waals surface area contributed by atoms with Gasteiger partial charge in [0.2, 0.25) is 0 Å². The lowest BCUT2D eigenvalue weighted by Crippen LogP contribution is -1.88. The van der Waals surface area contributed by atoms with Crippen LogP contribution in [-0.4, -0.2) is 6.21 Å². The number of benzene rings is 2. The molecule has 19 heavy (non-hydrogen) atoms. The molecule has 0 amide bonds. The first-order chi connectivity index (χ1) is 8.84. The molecule has 4 heteroatoms. The minimum atomic E-state index is 0. The molecule has 0 radical (unpaired) electrons. The van der Waals surface area contributed by atoms with Crippen molar-refractivity contribution in [2.24, 2.45) is 4.99 Å². The van der Waals surface area contributed by atoms with Gasteiger partial charge in [-0.15, -0.1) is 12.4 Å². The van der Waals surface area contributed by atoms with E-state index in [9.17, 15) is 0 Å². The number of para-hydroxylation sites is 2. The number of rotatable bonds is 4. The maximum Gasteiger partial charge on any atom is 0.0748 e. The summed E-state index contributed by atoms with van der Waals surface area (Å²) in [6, 6.07) is 19.5. The third kappa shape index (κ3) is 5.60. The summed E-state index contributed by atoms with van der Waals surface area (Å²) in [4.78, 5) is 4.25. The molecule has 0 saturated heterocycles. The van der Waals surface area contributed by atoms with Crippen LogP contribution in [0.5, 0.6) is 0 Å². The predicted molar refractivity (Wildman–Crippen MR) is 85.8 cm³/mol. The quantitative estimate of drug-likeness (QED) is 0.788. The van der Waals surface area contributed by atoms with Gasteiger partial charge in [-0.3, -0.25) is 4.99 Å². The summed E-state index contributed by atoms with van der Waals surface area (Å²) in [7, 11) is 0. The largest absolute Gasteiger partial charge is 0.360 e. The van der Waals surface area contributed by atoms with Gasteiger partial charge in [-0.05, 0) is 24.3 Å². The summed E-state index contributed by atoms with van der Waals surface area (Å²) in [6.07, 6.45) is 3.33. The van der Waals surface area contributed by atoms with Crippen LogP contribution in [-0.2, 0) is 0 Å². The lowest BCUT2D eigenvalue weighted by Gasteiger charge is -1.99. The molecule has 0 aliphatic heterocycles. The first-order valence-electron chi connectivity index (χ1n) is 5.61. The zero-order chi connectivity index (χ0) is 12.6. The molecule has 0 fully saturated rings. The SMILES string of the molecule is Cl.Cl/C(C=Nc1ccccc1)=C/Nc1ccccc1. The lowest BCUT2D eigenvalue weighted by atomic mass is 10.3. The molecule has 2 rings (SSSR count). The van der Waals surface area contributed by atoms with Gasteiger partial charge in [0, 0.05) is 18.1 Å². The lowest BCUT2D eigenvalue weighted by molar-refractivity contribution is 1.53. The monoisotopic (exact) mass is 292 g/mol. The summed E-state index contributed by atoms with van der Waals surface area (Å²) in [5, 5.41) is 3.64. The fourth-order valence-corrected chi connectivity index (χ4v) is 1.48. The Labute approximate surface area is 124 Å². The molecule has 0 atom stereocenters. The molecule has 2 aromatic carbocycles. The Bertz CT molecular complexity index is 537. The standard InChI is InChI=1S/C15H13ClN2.ClH/c16-13(11-17-14-7-3-1-4-8-14)12-18-15-9-5-2-6-10-15;/h1-12,17H;1H/b13-11+,18-12?;. The summed E-state index contributed by atoms with van der Waals surface area (Å²) in [5.41, 5.74) is 1.87. The first-order valence-corrected chi connectivity index (χ1v) is 5.99. The summed E-state index contributed by atoms with van der Waals surface area (Å²) in [5.74, 6) is 0. The van der Waals surface area contributed by atoms with Crippen molar-refractivity contribution < 1.29 is 0 Å². The van der Waals surface area contributed by atoms with Crippen LogP contribution in [0.2, 0.25) is 0 Å². The molecule has 0 aromatic heterocycles. The fourth-order valence-electron chi connectivity index (χ4n) is 1.37. The highest BCUT2D eigenvalue weighted by molar-refractivity contribution is 6.39. The Morgan fingerprint density at radius 2 is 1.53 bits per heavy atom. The normalized spacial score (nSPS) is 11.1. The molecule has 0 unspecified atom stereocenters. The van der Waals surface area contributed by atoms with Gasteiger partial charge < -0.3 is 5.32 Å². The second-order valence-corrected chi connectivity index (χ2v) is 4.07. The first kappa shape index (κ1) is 15.3. The van der Waals surface area contributed by atoms with Crippen molar-refractivity contribution >= 4 is 41.6 Å². The average molecular weight is 293 g/mol. The van der Waals surface area contributed by atoms with Gasteiger partial charge in [-0.2, -0.15) is 0 Å². The van der Waals surface area contributed by atoms with E-state index in [0.717, 1.165) is 11.4 Å². The second-order valence-electron chi connectivity index (χ2n) is 3.63. The topological polar surface area (TPSA) is 24.4 Å². The highest BCUT2D eigenvalue weighted by atomic mass is 35.5. The van der Waals surface area contributed by atoms with E-state index in [2.05, 4.69) is 10.3 Å². The smallest absolute Gasteiger partial charge is 0.0748 e. The van der Waals surface area contributed by atoms with Crippen LogP contribution in [0.3, 0.4) is 0 Å². The number of hydrogen-bond donors (Lipinski definition) is 1. The van der Waals surface area contributed by atoms with E-state index < -0.39 is 0 Å². The van der Waals surface area contributed by atoms with Crippen LogP contribution in [0.1, 0.15) is 0 Å². The van der Waals surface area contributed by atoms with Crippen LogP contribution in [0.4, 0.5) is 11.4 Å². The van der Waals surface area contributed by atoms with Crippen LogP contribution < -0.4 is 5.32 Å². The highest BCUT2D eigenvalue weighted by Gasteiger charge is 1.89. The molecule has 1 N–H and O–H groups in total. The average Bonchev–Trinajstić information content (AvgIpc) is 2.45. The maximum atomic E-state index is 6.03. The third-order valence-corrected chi connectivity index (χ3v) is 2.45. The van der Waals surface area contributed by atoms with Crippen LogP contribution >= 0.6 is 24.0 Å². The third-order valence-electron chi connectivity index (χ3n) is 2.24. The summed E-state index contributed by atoms with van der Waals surface area (Å²) in [6.45, 7) is 0. The van der Waals surface area contributed by atoms with Crippen molar-refractivity contribution in [1.29, 1.82) is 0 Å². The van der Waals surface area contributed by atoms with Crippen molar-refractivity contribution in [3.8, 4) is 0 Å². The number of anilines is 1. The minimum Gasteiger partial charge on any atom is -0.360 e. The predicted octanol–water partition coefficient (Wildman–Crippen LogP) is 5.00. The Kier molecular flexibility index (Phi) is 6.72. The number of hydrogen-bond acceptors (Lipinski definition) is 2. The molecule has 2 aromatic rings. The second kappa shape index (κ2) is 8.35. The minimum absolute atomic E-state index is 0. The van der Waals surface area contributed by atoms with E-state index in [1.165, 1.54) is 0 Å². The maximum absolute atomic E-state index is 6.03. The zero-order valence-electron chi connectivity index (χ0n) is 10.2. The molecular weight excluding hydrogens is 279 g/mol. The number of aliphatic imine (C=N–C) groups is 1. The van der Waals surface area contributed by atoms with Crippen molar-refractivity contribution in [3.05, 3.63) is 71.9 Å². The van der Waals surface area contributed by atoms with Crippen molar-refractivity contribution in [1.82, 2.24) is 0 Å². The Balaban J connectivity index is 0.00000180. The molecule has 0 saturated carbocycles. The fraction of sp³-hybridized carbons (Fsp3) is 0. The summed E-state index contributed by atoms with van der Waals surface area (Å²) < 4.78 is 0. The van der Waals surface area contributed by atoms with Gasteiger partial charge in [-0.25, -0.2) is 0 Å². The molecule has 98 valence electrons. The molecule has 0 bridgehead atoms. The van der Waals surface area contributed by atoms with E-state index in [4.69, 9.17) is 11.6 Å². The van der Waals surface area contributed by atoms with E-state index in [0.29, 0.717) is 5.03 Å². The molecule has 0 aliphatic rings. The molecule has 0 heterocycles. The van der Waals surface area contributed by atoms with Gasteiger partial charge in [0.05, 0.1) is 10.7 Å². The van der Waals surface area contributed by atoms with E-state index >= 15 is 0 Å². The highest BCUT2D eigenvalue weighted by Crippen LogP contribution is 2.11. The van der Waals surface area contributed by atoms with Gasteiger partial charge in [0.1, 0.15) is 0 Å². The van der Waals surface area contributed by atoms with Crippen molar-refractivity contribution in [2.75, 3.05) is 5.32 Å². The number of nitrogens with one attached hydrogen (secondary N) is 1. The Hall–Kier alpha value is -1.77. The van der Waals surface area contributed by atoms with E-state index in [-0.39, 0.29) is 12.4 Å². The Morgan fingerprint density at radius 3 is 2.16 bits per heavy atom. The summed E-state index contributed by atoms with van der Waals surface area (Å²) >= 11 is 6.03. The molecule has 0 spiro atoms. The van der Waals surface area contributed by atoms with E-state index in [1.807, 2.05) is 60.7 Å². The van der Waals surface area contributed by atoms with Gasteiger partial charge in [0.15, 0.2) is 0 Å². The Morgan fingerprint density at radius 1 is 0.947 bits per heavy atom. The molecule has 2 nitrogen and oxygen atoms in total. The molecular formula is C15H14Cl2N2. The van der Waals surface area contributed by atoms with Gasteiger partial charge in [0.25, 0.3) is 0 Å². The zero-order valence-corrected chi connectivity index (χ0v) is 11.7. The van der Waals surface area contributed by atoms with Gasteiger partial charge in [-0.1, -0.05) is 48.0 Å². The van der Waals surface area contributed by atoms with Crippen molar-refractivity contribution in [2.45, 2.75) is 0 Å². The number of halogens is 2. The number of allylic oxidation sites excluding steroid dienone is 1. The van der Waals surface area contributed by atoms with Crippen LogP contribution in [0.15, 0.2) is 76.9 Å². The van der Waals surface area contributed by atoms with E-state index in [1.54, 1.807) is 12.4 Å². The van der Waals surface area contributed by atoms with Crippen molar-refractivity contribution in [3.63, 3.8) is 0 Å². The van der Waals surface area contributed by atoms with Crippen LogP contribution in [0, 0.1) is 0 Å². The van der Waals surface area contributed by atoms with Gasteiger partial charge >= 0.3 is 0 Å². The molecule has 0 aliphatic carbocycles. The number of nitrogens with zero attached hydrogens (tertiary/aromatic N) is 1.